The van der Waals surface area contributed by atoms with E-state index in [0.29, 0.717) is 12.6 Å². The average Bonchev–Trinajstić information content (AvgIpc) is 2.29. The van der Waals surface area contributed by atoms with Crippen LogP contribution < -0.4 is 5.32 Å². The molecule has 0 aliphatic carbocycles. The van der Waals surface area contributed by atoms with Crippen LogP contribution in [-0.2, 0) is 4.74 Å². The molecule has 1 aliphatic rings. The maximum Gasteiger partial charge on any atom is 0.0900 e. The molecule has 1 heterocycles. The van der Waals surface area contributed by atoms with Crippen molar-refractivity contribution in [3.63, 3.8) is 0 Å². The van der Waals surface area contributed by atoms with Gasteiger partial charge in [-0.1, -0.05) is 6.92 Å². The Morgan fingerprint density at radius 2 is 2.00 bits per heavy atom. The molecule has 0 aromatic carbocycles. The number of ether oxygens (including phenoxy) is 1. The van der Waals surface area contributed by atoms with Crippen LogP contribution in [0.15, 0.2) is 0 Å². The second-order valence-electron chi connectivity index (χ2n) is 5.17. The second kappa shape index (κ2) is 8.03. The molecule has 0 saturated carbocycles. The Morgan fingerprint density at radius 1 is 1.35 bits per heavy atom. The molecule has 0 amide bonds. The molecule has 4 nitrogen and oxygen atoms in total. The van der Waals surface area contributed by atoms with Crippen LogP contribution in [0.2, 0.25) is 0 Å². The third-order valence-corrected chi connectivity index (χ3v) is 3.17. The predicted octanol–water partition coefficient (Wildman–Crippen LogP) is 0.846. The van der Waals surface area contributed by atoms with Crippen molar-refractivity contribution >= 4 is 0 Å². The van der Waals surface area contributed by atoms with Crippen molar-refractivity contribution < 1.29 is 9.84 Å². The van der Waals surface area contributed by atoms with Gasteiger partial charge in [0.05, 0.1) is 18.8 Å². The number of hydrogen-bond acceptors (Lipinski definition) is 4. The van der Waals surface area contributed by atoms with E-state index in [9.17, 15) is 5.11 Å². The smallest absolute Gasteiger partial charge is 0.0900 e. The van der Waals surface area contributed by atoms with Crippen molar-refractivity contribution in [2.45, 2.75) is 51.9 Å². The molecule has 2 N–H and O–H groups in total. The minimum Gasteiger partial charge on any atom is -0.389 e. The normalized spacial score (nSPS) is 21.0. The molecule has 1 unspecified atom stereocenters. The quantitative estimate of drug-likeness (QED) is 0.697. The molecular weight excluding hydrogens is 216 g/mol. The topological polar surface area (TPSA) is 44.7 Å². The first-order chi connectivity index (χ1) is 8.11. The van der Waals surface area contributed by atoms with Gasteiger partial charge in [-0.15, -0.1) is 0 Å². The van der Waals surface area contributed by atoms with E-state index in [-0.39, 0.29) is 12.2 Å². The van der Waals surface area contributed by atoms with Crippen molar-refractivity contribution in [3.8, 4) is 0 Å². The number of nitrogens with one attached hydrogen (secondary N) is 1. The highest BCUT2D eigenvalue weighted by Crippen LogP contribution is 2.10. The van der Waals surface area contributed by atoms with Gasteiger partial charge in [-0.3, -0.25) is 0 Å². The lowest BCUT2D eigenvalue weighted by atomic mass is 10.0. The summed E-state index contributed by atoms with van der Waals surface area (Å²) in [6.45, 7) is 10.5. The van der Waals surface area contributed by atoms with Crippen molar-refractivity contribution in [2.75, 3.05) is 32.8 Å². The summed E-state index contributed by atoms with van der Waals surface area (Å²) in [5.74, 6) is 0. The zero-order valence-electron chi connectivity index (χ0n) is 11.5. The Balaban J connectivity index is 2.12. The number of piperidine rings is 1. The van der Waals surface area contributed by atoms with Crippen molar-refractivity contribution in [1.29, 1.82) is 0 Å². The van der Waals surface area contributed by atoms with Crippen LogP contribution >= 0.6 is 0 Å². The van der Waals surface area contributed by atoms with E-state index in [1.165, 1.54) is 12.8 Å². The summed E-state index contributed by atoms with van der Waals surface area (Å²) in [6, 6.07) is 0.667. The van der Waals surface area contributed by atoms with Crippen LogP contribution in [0.3, 0.4) is 0 Å². The first-order valence-corrected chi connectivity index (χ1v) is 6.87. The van der Waals surface area contributed by atoms with Gasteiger partial charge in [-0.25, -0.2) is 0 Å². The lowest BCUT2D eigenvalue weighted by Gasteiger charge is -2.33. The maximum absolute atomic E-state index is 9.84. The van der Waals surface area contributed by atoms with E-state index in [1.54, 1.807) is 0 Å². The molecule has 102 valence electrons. The second-order valence-corrected chi connectivity index (χ2v) is 5.17. The van der Waals surface area contributed by atoms with Crippen LogP contribution in [0.4, 0.5) is 0 Å². The Kier molecular flexibility index (Phi) is 7.04. The molecule has 1 fully saturated rings. The summed E-state index contributed by atoms with van der Waals surface area (Å²) in [7, 11) is 0. The summed E-state index contributed by atoms with van der Waals surface area (Å²) in [4.78, 5) is 2.34. The summed E-state index contributed by atoms with van der Waals surface area (Å²) in [6.07, 6.45) is 2.22. The third-order valence-electron chi connectivity index (χ3n) is 3.17. The fraction of sp³-hybridized carbons (Fsp3) is 1.00. The number of likely N-dealkylation sites (tertiary alicyclic amines) is 1. The number of aliphatic hydroxyl groups is 1. The van der Waals surface area contributed by atoms with Gasteiger partial charge in [0.1, 0.15) is 0 Å². The van der Waals surface area contributed by atoms with Gasteiger partial charge >= 0.3 is 0 Å². The molecule has 1 atom stereocenters. The van der Waals surface area contributed by atoms with E-state index in [1.807, 2.05) is 13.8 Å². The van der Waals surface area contributed by atoms with Crippen LogP contribution in [0.1, 0.15) is 33.6 Å². The van der Waals surface area contributed by atoms with Gasteiger partial charge in [0, 0.05) is 12.6 Å². The van der Waals surface area contributed by atoms with Crippen LogP contribution in [-0.4, -0.2) is 61.0 Å². The third kappa shape index (κ3) is 6.36. The van der Waals surface area contributed by atoms with Gasteiger partial charge in [-0.2, -0.15) is 0 Å². The van der Waals surface area contributed by atoms with Gasteiger partial charge in [0.2, 0.25) is 0 Å². The van der Waals surface area contributed by atoms with E-state index in [4.69, 9.17) is 4.74 Å². The first kappa shape index (κ1) is 14.9. The molecular formula is C13H28N2O2. The molecule has 17 heavy (non-hydrogen) atoms. The first-order valence-electron chi connectivity index (χ1n) is 6.87. The van der Waals surface area contributed by atoms with Crippen LogP contribution in [0.25, 0.3) is 0 Å². The summed E-state index contributed by atoms with van der Waals surface area (Å²) in [5, 5.41) is 13.3. The number of rotatable bonds is 7. The molecule has 0 spiro atoms. The molecule has 0 bridgehead atoms. The number of aliphatic hydroxyl groups excluding tert-OH is 1. The molecule has 1 saturated heterocycles. The fourth-order valence-corrected chi connectivity index (χ4v) is 2.26. The average molecular weight is 244 g/mol. The zero-order valence-corrected chi connectivity index (χ0v) is 11.5. The van der Waals surface area contributed by atoms with Crippen molar-refractivity contribution in [1.82, 2.24) is 10.2 Å². The monoisotopic (exact) mass is 244 g/mol. The van der Waals surface area contributed by atoms with Gasteiger partial charge in [-0.05, 0) is 46.3 Å². The van der Waals surface area contributed by atoms with Gasteiger partial charge in [0.15, 0.2) is 0 Å². The minimum atomic E-state index is -0.354. The number of hydrogen-bond donors (Lipinski definition) is 2. The minimum absolute atomic E-state index is 0.198. The summed E-state index contributed by atoms with van der Waals surface area (Å²) in [5.41, 5.74) is 0. The lowest BCUT2D eigenvalue weighted by Crippen LogP contribution is -2.45. The SMILES string of the molecule is CCNC1CCN(CC(O)COC(C)C)CC1. The number of β-amino-alcohol motifs (C(OH)–C–C–N with tert-alkyl or cyclic N) is 1. The summed E-state index contributed by atoms with van der Waals surface area (Å²) < 4.78 is 5.42. The molecule has 0 aromatic heterocycles. The van der Waals surface area contributed by atoms with Crippen LogP contribution in [0, 0.1) is 0 Å². The zero-order chi connectivity index (χ0) is 12.7. The lowest BCUT2D eigenvalue weighted by molar-refractivity contribution is -0.0115. The molecule has 0 aromatic rings. The van der Waals surface area contributed by atoms with E-state index < -0.39 is 0 Å². The fourth-order valence-electron chi connectivity index (χ4n) is 2.26. The highest BCUT2D eigenvalue weighted by atomic mass is 16.5. The summed E-state index contributed by atoms with van der Waals surface area (Å²) >= 11 is 0. The van der Waals surface area contributed by atoms with Crippen molar-refractivity contribution in [2.24, 2.45) is 0 Å². The van der Waals surface area contributed by atoms with Crippen molar-refractivity contribution in [3.05, 3.63) is 0 Å². The van der Waals surface area contributed by atoms with Crippen LogP contribution in [0.5, 0.6) is 0 Å². The highest BCUT2D eigenvalue weighted by Gasteiger charge is 2.20. The standard InChI is InChI=1S/C13H28N2O2/c1-4-14-12-5-7-15(8-6-12)9-13(16)10-17-11(2)3/h11-14,16H,4-10H2,1-3H3. The Bertz CT molecular complexity index is 192. The highest BCUT2D eigenvalue weighted by molar-refractivity contribution is 4.78. The van der Waals surface area contributed by atoms with E-state index in [2.05, 4.69) is 17.1 Å². The Morgan fingerprint density at radius 3 is 2.53 bits per heavy atom. The van der Waals surface area contributed by atoms with E-state index >= 15 is 0 Å². The number of nitrogens with zero attached hydrogens (tertiary/aromatic N) is 1. The predicted molar refractivity (Wildman–Crippen MR) is 70.2 cm³/mol. The van der Waals surface area contributed by atoms with E-state index in [0.717, 1.165) is 26.2 Å². The Labute approximate surface area is 105 Å². The van der Waals surface area contributed by atoms with Gasteiger partial charge in [0.25, 0.3) is 0 Å². The Hall–Kier alpha value is -0.160. The molecule has 0 radical (unpaired) electrons. The molecule has 1 rings (SSSR count). The molecule has 1 aliphatic heterocycles. The molecule has 4 heteroatoms. The largest absolute Gasteiger partial charge is 0.389 e. The maximum atomic E-state index is 9.84. The van der Waals surface area contributed by atoms with Gasteiger partial charge < -0.3 is 20.1 Å².